The summed E-state index contributed by atoms with van der Waals surface area (Å²) in [6, 6.07) is 1.55. The summed E-state index contributed by atoms with van der Waals surface area (Å²) >= 11 is 5.50. The number of alkyl halides is 3. The number of hydrogen-bond donors (Lipinski definition) is 0. The third kappa shape index (κ3) is 3.87. The molecule has 1 aliphatic rings. The molecule has 1 aromatic carbocycles. The summed E-state index contributed by atoms with van der Waals surface area (Å²) in [5.41, 5.74) is -1.25. The highest BCUT2D eigenvalue weighted by molar-refractivity contribution is 7.92. The van der Waals surface area contributed by atoms with Crippen LogP contribution in [0.5, 0.6) is 0 Å². The summed E-state index contributed by atoms with van der Waals surface area (Å²) in [5, 5.41) is -0.604. The molecule has 1 heterocycles. The molecule has 2 rings (SSSR count). The van der Waals surface area contributed by atoms with Gasteiger partial charge in [0.15, 0.2) is 9.84 Å². The van der Waals surface area contributed by atoms with Crippen LogP contribution in [0.25, 0.3) is 0 Å². The standard InChI is InChI=1S/C13H15ClF3NO4S2/c1-2-18(9-5-6-23(19,20)8-9)24(21,22)10-3-4-12(14)11(7-10)13(15,16)17/h3-4,7,9H,2,5-6,8H2,1H3. The summed E-state index contributed by atoms with van der Waals surface area (Å²) in [4.78, 5) is -0.564. The van der Waals surface area contributed by atoms with Crippen molar-refractivity contribution in [3.8, 4) is 0 Å². The zero-order valence-corrected chi connectivity index (χ0v) is 14.9. The Morgan fingerprint density at radius 2 is 1.96 bits per heavy atom. The van der Waals surface area contributed by atoms with Gasteiger partial charge in [-0.05, 0) is 24.6 Å². The minimum atomic E-state index is -4.80. The van der Waals surface area contributed by atoms with Gasteiger partial charge in [0.25, 0.3) is 0 Å². The van der Waals surface area contributed by atoms with Crippen molar-refractivity contribution in [2.24, 2.45) is 0 Å². The van der Waals surface area contributed by atoms with Crippen LogP contribution in [-0.4, -0.2) is 45.2 Å². The lowest BCUT2D eigenvalue weighted by Crippen LogP contribution is -2.40. The summed E-state index contributed by atoms with van der Waals surface area (Å²) in [5.74, 6) is -0.474. The molecule has 1 saturated heterocycles. The molecule has 0 radical (unpaired) electrons. The van der Waals surface area contributed by atoms with Crippen LogP contribution in [0, 0.1) is 0 Å². The molecule has 1 aliphatic heterocycles. The first-order chi connectivity index (χ1) is 10.9. The molecular formula is C13H15ClF3NO4S2. The summed E-state index contributed by atoms with van der Waals surface area (Å²) < 4.78 is 88.2. The van der Waals surface area contributed by atoms with E-state index in [2.05, 4.69) is 0 Å². The van der Waals surface area contributed by atoms with Gasteiger partial charge in [-0.25, -0.2) is 16.8 Å². The van der Waals surface area contributed by atoms with Gasteiger partial charge in [0.05, 0.1) is 27.0 Å². The second-order valence-electron chi connectivity index (χ2n) is 5.40. The largest absolute Gasteiger partial charge is 0.417 e. The zero-order chi connectivity index (χ0) is 18.3. The van der Waals surface area contributed by atoms with Crippen molar-refractivity contribution in [3.63, 3.8) is 0 Å². The fraction of sp³-hybridized carbons (Fsp3) is 0.538. The average molecular weight is 406 g/mol. The number of benzene rings is 1. The Morgan fingerprint density at radius 3 is 2.42 bits per heavy atom. The minimum Gasteiger partial charge on any atom is -0.229 e. The monoisotopic (exact) mass is 405 g/mol. The van der Waals surface area contributed by atoms with E-state index in [9.17, 15) is 30.0 Å². The molecule has 0 N–H and O–H groups in total. The van der Waals surface area contributed by atoms with Gasteiger partial charge in [0, 0.05) is 12.6 Å². The van der Waals surface area contributed by atoms with E-state index < -0.39 is 47.6 Å². The lowest BCUT2D eigenvalue weighted by Gasteiger charge is -2.26. The second kappa shape index (κ2) is 6.47. The first kappa shape index (κ1) is 19.5. The molecule has 1 unspecified atom stereocenters. The topological polar surface area (TPSA) is 71.5 Å². The van der Waals surface area contributed by atoms with Crippen molar-refractivity contribution in [3.05, 3.63) is 28.8 Å². The SMILES string of the molecule is CCN(C1CCS(=O)(=O)C1)S(=O)(=O)c1ccc(Cl)c(C(F)(F)F)c1. The second-order valence-corrected chi connectivity index (χ2v) is 9.93. The quantitative estimate of drug-likeness (QED) is 0.771. The van der Waals surface area contributed by atoms with Gasteiger partial charge >= 0.3 is 6.18 Å². The van der Waals surface area contributed by atoms with Crippen LogP contribution >= 0.6 is 11.6 Å². The molecule has 0 aromatic heterocycles. The van der Waals surface area contributed by atoms with Crippen molar-refractivity contribution >= 4 is 31.5 Å². The van der Waals surface area contributed by atoms with Gasteiger partial charge in [-0.15, -0.1) is 0 Å². The number of halogens is 4. The fourth-order valence-corrected chi connectivity index (χ4v) is 6.38. The summed E-state index contributed by atoms with van der Waals surface area (Å²) in [6.07, 6.45) is -4.68. The third-order valence-electron chi connectivity index (χ3n) is 3.78. The molecule has 1 fully saturated rings. The van der Waals surface area contributed by atoms with E-state index in [4.69, 9.17) is 11.6 Å². The lowest BCUT2D eigenvalue weighted by atomic mass is 10.2. The Hall–Kier alpha value is -0.840. The van der Waals surface area contributed by atoms with Crippen LogP contribution in [0.2, 0.25) is 5.02 Å². The van der Waals surface area contributed by atoms with E-state index in [-0.39, 0.29) is 24.5 Å². The average Bonchev–Trinajstić information content (AvgIpc) is 2.78. The molecule has 0 bridgehead atoms. The highest BCUT2D eigenvalue weighted by atomic mass is 35.5. The Bertz CT molecular complexity index is 837. The van der Waals surface area contributed by atoms with Gasteiger partial charge in [0.1, 0.15) is 0 Å². The Kier molecular flexibility index (Phi) is 5.25. The number of rotatable bonds is 4. The first-order valence-electron chi connectivity index (χ1n) is 6.97. The van der Waals surface area contributed by atoms with Crippen LogP contribution in [0.15, 0.2) is 23.1 Å². The van der Waals surface area contributed by atoms with Crippen molar-refractivity contribution in [2.45, 2.75) is 30.5 Å². The summed E-state index contributed by atoms with van der Waals surface area (Å²) in [6.45, 7) is 1.45. The number of hydrogen-bond acceptors (Lipinski definition) is 4. The molecule has 5 nitrogen and oxygen atoms in total. The van der Waals surface area contributed by atoms with Crippen molar-refractivity contribution in [1.82, 2.24) is 4.31 Å². The van der Waals surface area contributed by atoms with Crippen LogP contribution in [-0.2, 0) is 26.0 Å². The molecule has 0 amide bonds. The Morgan fingerprint density at radius 1 is 1.33 bits per heavy atom. The highest BCUT2D eigenvalue weighted by Gasteiger charge is 2.39. The maximum absolute atomic E-state index is 12.9. The van der Waals surface area contributed by atoms with Gasteiger partial charge < -0.3 is 0 Å². The molecule has 0 aliphatic carbocycles. The molecule has 0 spiro atoms. The van der Waals surface area contributed by atoms with Gasteiger partial charge in [-0.1, -0.05) is 18.5 Å². The Balaban J connectivity index is 2.46. The van der Waals surface area contributed by atoms with Crippen LogP contribution < -0.4 is 0 Å². The van der Waals surface area contributed by atoms with E-state index in [1.54, 1.807) is 0 Å². The highest BCUT2D eigenvalue weighted by Crippen LogP contribution is 2.36. The van der Waals surface area contributed by atoms with Crippen LogP contribution in [0.4, 0.5) is 13.2 Å². The van der Waals surface area contributed by atoms with Crippen molar-refractivity contribution in [2.75, 3.05) is 18.1 Å². The molecular weight excluding hydrogens is 391 g/mol. The van der Waals surface area contributed by atoms with E-state index in [0.717, 1.165) is 16.4 Å². The predicted octanol–water partition coefficient (Wildman–Crippen LogP) is 2.56. The Labute approximate surface area is 143 Å². The normalized spacial score (nSPS) is 21.3. The molecule has 136 valence electrons. The predicted molar refractivity (Wildman–Crippen MR) is 83.1 cm³/mol. The van der Waals surface area contributed by atoms with Crippen molar-refractivity contribution in [1.29, 1.82) is 0 Å². The van der Waals surface area contributed by atoms with E-state index in [1.165, 1.54) is 6.92 Å². The van der Waals surface area contributed by atoms with E-state index >= 15 is 0 Å². The van der Waals surface area contributed by atoms with Crippen LogP contribution in [0.3, 0.4) is 0 Å². The van der Waals surface area contributed by atoms with Gasteiger partial charge in [0.2, 0.25) is 10.0 Å². The lowest BCUT2D eigenvalue weighted by molar-refractivity contribution is -0.137. The van der Waals surface area contributed by atoms with Crippen LogP contribution in [0.1, 0.15) is 18.9 Å². The number of sulfone groups is 1. The molecule has 0 saturated carbocycles. The maximum atomic E-state index is 12.9. The molecule has 24 heavy (non-hydrogen) atoms. The molecule has 1 aromatic rings. The zero-order valence-electron chi connectivity index (χ0n) is 12.5. The van der Waals surface area contributed by atoms with Gasteiger partial charge in [-0.2, -0.15) is 17.5 Å². The minimum absolute atomic E-state index is 0.0491. The fourth-order valence-electron chi connectivity index (χ4n) is 2.64. The van der Waals surface area contributed by atoms with E-state index in [1.807, 2.05) is 0 Å². The van der Waals surface area contributed by atoms with Crippen molar-refractivity contribution < 1.29 is 30.0 Å². The maximum Gasteiger partial charge on any atom is 0.417 e. The third-order valence-corrected chi connectivity index (χ3v) is 7.88. The number of sulfonamides is 1. The smallest absolute Gasteiger partial charge is 0.229 e. The van der Waals surface area contributed by atoms with Gasteiger partial charge in [-0.3, -0.25) is 0 Å². The van der Waals surface area contributed by atoms with E-state index in [0.29, 0.717) is 6.07 Å². The first-order valence-corrected chi connectivity index (χ1v) is 10.6. The number of nitrogens with zero attached hydrogens (tertiary/aromatic N) is 1. The summed E-state index contributed by atoms with van der Waals surface area (Å²) in [7, 11) is -7.61. The molecule has 1 atom stereocenters. The molecule has 11 heteroatoms.